The molecule has 0 aliphatic carbocycles. The van der Waals surface area contributed by atoms with Crippen LogP contribution in [0.1, 0.15) is 23.6 Å². The second-order valence-corrected chi connectivity index (χ2v) is 5.16. The lowest BCUT2D eigenvalue weighted by atomic mass is 9.95. The molecule has 1 aromatic rings. The minimum Gasteiger partial charge on any atom is -0.314 e. The molecule has 22 heavy (non-hydrogen) atoms. The van der Waals surface area contributed by atoms with Gasteiger partial charge in [0.25, 0.3) is 0 Å². The topological polar surface area (TPSA) is 15.3 Å². The normalized spacial score (nSPS) is 18.7. The zero-order valence-electron chi connectivity index (χ0n) is 11.6. The lowest BCUT2D eigenvalue weighted by Crippen LogP contribution is -2.46. The number of rotatable bonds is 4. The Hall–Kier alpha value is -1.28. The first-order chi connectivity index (χ1) is 10.3. The van der Waals surface area contributed by atoms with Crippen LogP contribution in [-0.2, 0) is 6.18 Å². The molecule has 1 aliphatic heterocycles. The third-order valence-electron chi connectivity index (χ3n) is 3.67. The van der Waals surface area contributed by atoms with Gasteiger partial charge >= 0.3 is 6.18 Å². The van der Waals surface area contributed by atoms with E-state index in [1.54, 1.807) is 4.90 Å². The van der Waals surface area contributed by atoms with Crippen molar-refractivity contribution in [2.45, 2.75) is 25.1 Å². The first-order valence-electron chi connectivity index (χ1n) is 6.88. The molecule has 1 saturated heterocycles. The van der Waals surface area contributed by atoms with Crippen LogP contribution in [-0.4, -0.2) is 37.5 Å². The fourth-order valence-electron chi connectivity index (χ4n) is 2.70. The van der Waals surface area contributed by atoms with Gasteiger partial charge in [-0.05, 0) is 23.8 Å². The standard InChI is InChI=1S/C14H16F6N2/c15-9-1-2-11(14(18,19)20)10(7-9)12(8-13(16)17)22-5-3-21-4-6-22/h1-2,7,12-13,21H,3-6,8H2/t12-/m1/s1. The van der Waals surface area contributed by atoms with Crippen molar-refractivity contribution < 1.29 is 26.3 Å². The van der Waals surface area contributed by atoms with E-state index in [4.69, 9.17) is 0 Å². The molecule has 0 amide bonds. The molecule has 0 saturated carbocycles. The molecule has 2 nitrogen and oxygen atoms in total. The molecule has 1 fully saturated rings. The number of piperazine rings is 1. The highest BCUT2D eigenvalue weighted by molar-refractivity contribution is 5.33. The Morgan fingerprint density at radius 1 is 1.14 bits per heavy atom. The van der Waals surface area contributed by atoms with Crippen LogP contribution in [0.5, 0.6) is 0 Å². The van der Waals surface area contributed by atoms with Gasteiger partial charge in [0.15, 0.2) is 0 Å². The first-order valence-corrected chi connectivity index (χ1v) is 6.88. The number of benzene rings is 1. The summed E-state index contributed by atoms with van der Waals surface area (Å²) in [6.07, 6.45) is -8.24. The summed E-state index contributed by atoms with van der Waals surface area (Å²) in [7, 11) is 0. The van der Waals surface area contributed by atoms with Gasteiger partial charge < -0.3 is 5.32 Å². The number of halogens is 6. The van der Waals surface area contributed by atoms with Crippen molar-refractivity contribution in [3.63, 3.8) is 0 Å². The van der Waals surface area contributed by atoms with E-state index in [-0.39, 0.29) is 0 Å². The van der Waals surface area contributed by atoms with Crippen LogP contribution >= 0.6 is 0 Å². The molecule has 8 heteroatoms. The predicted molar refractivity (Wildman–Crippen MR) is 69.2 cm³/mol. The summed E-state index contributed by atoms with van der Waals surface area (Å²) < 4.78 is 78.4. The van der Waals surface area contributed by atoms with E-state index in [9.17, 15) is 26.3 Å². The van der Waals surface area contributed by atoms with Crippen LogP contribution in [0.3, 0.4) is 0 Å². The van der Waals surface area contributed by atoms with E-state index < -0.39 is 42.0 Å². The summed E-state index contributed by atoms with van der Waals surface area (Å²) in [6, 6.07) is 0.877. The monoisotopic (exact) mass is 326 g/mol. The number of nitrogens with zero attached hydrogens (tertiary/aromatic N) is 1. The number of hydrogen-bond acceptors (Lipinski definition) is 2. The van der Waals surface area contributed by atoms with Crippen LogP contribution in [0.25, 0.3) is 0 Å². The van der Waals surface area contributed by atoms with Crippen molar-refractivity contribution in [2.24, 2.45) is 0 Å². The highest BCUT2D eigenvalue weighted by Crippen LogP contribution is 2.38. The van der Waals surface area contributed by atoms with Crippen molar-refractivity contribution in [1.29, 1.82) is 0 Å². The zero-order valence-corrected chi connectivity index (χ0v) is 11.6. The smallest absolute Gasteiger partial charge is 0.314 e. The van der Waals surface area contributed by atoms with Crippen molar-refractivity contribution >= 4 is 0 Å². The molecule has 0 radical (unpaired) electrons. The molecular formula is C14H16F6N2. The van der Waals surface area contributed by atoms with Gasteiger partial charge in [0.05, 0.1) is 5.56 Å². The molecule has 1 atom stereocenters. The Labute approximate surface area is 124 Å². The van der Waals surface area contributed by atoms with Crippen LogP contribution in [0.15, 0.2) is 18.2 Å². The summed E-state index contributed by atoms with van der Waals surface area (Å²) in [5.74, 6) is -0.864. The third kappa shape index (κ3) is 4.13. The number of hydrogen-bond donors (Lipinski definition) is 1. The molecule has 0 aromatic heterocycles. The van der Waals surface area contributed by atoms with Crippen molar-refractivity contribution in [3.8, 4) is 0 Å². The maximum Gasteiger partial charge on any atom is 0.416 e. The number of alkyl halides is 5. The maximum absolute atomic E-state index is 13.4. The van der Waals surface area contributed by atoms with Gasteiger partial charge in [-0.2, -0.15) is 13.2 Å². The Kier molecular flexibility index (Phi) is 5.33. The highest BCUT2D eigenvalue weighted by Gasteiger charge is 2.37. The van der Waals surface area contributed by atoms with Gasteiger partial charge in [-0.25, -0.2) is 13.2 Å². The van der Waals surface area contributed by atoms with E-state index in [0.717, 1.165) is 6.07 Å². The Morgan fingerprint density at radius 2 is 1.77 bits per heavy atom. The fourth-order valence-corrected chi connectivity index (χ4v) is 2.70. The van der Waals surface area contributed by atoms with Gasteiger partial charge in [-0.3, -0.25) is 4.90 Å². The SMILES string of the molecule is Fc1ccc(C(F)(F)F)c([C@@H](CC(F)F)N2CCNCC2)c1. The minimum absolute atomic E-state index is 0.338. The molecule has 1 N–H and O–H groups in total. The van der Waals surface area contributed by atoms with Gasteiger partial charge in [0.2, 0.25) is 6.43 Å². The number of nitrogens with one attached hydrogen (secondary N) is 1. The Bertz CT molecular complexity index is 497. The predicted octanol–water partition coefficient (Wildman–Crippen LogP) is 3.45. The van der Waals surface area contributed by atoms with Crippen LogP contribution in [0.4, 0.5) is 26.3 Å². The summed E-state index contributed by atoms with van der Waals surface area (Å²) in [4.78, 5) is 1.55. The van der Waals surface area contributed by atoms with Gasteiger partial charge in [0, 0.05) is 38.6 Å². The first kappa shape index (κ1) is 17.1. The Morgan fingerprint density at radius 3 is 2.32 bits per heavy atom. The summed E-state index contributed by atoms with van der Waals surface area (Å²) in [5, 5.41) is 3.01. The van der Waals surface area contributed by atoms with E-state index in [1.807, 2.05) is 0 Å². The lowest BCUT2D eigenvalue weighted by Gasteiger charge is -2.36. The quantitative estimate of drug-likeness (QED) is 0.853. The van der Waals surface area contributed by atoms with E-state index in [0.29, 0.717) is 38.3 Å². The van der Waals surface area contributed by atoms with Crippen LogP contribution < -0.4 is 5.32 Å². The fraction of sp³-hybridized carbons (Fsp3) is 0.571. The highest BCUT2D eigenvalue weighted by atomic mass is 19.4. The van der Waals surface area contributed by atoms with E-state index in [2.05, 4.69) is 5.32 Å². The van der Waals surface area contributed by atoms with E-state index in [1.165, 1.54) is 0 Å². The van der Waals surface area contributed by atoms with E-state index >= 15 is 0 Å². The molecular weight excluding hydrogens is 310 g/mol. The van der Waals surface area contributed by atoms with Crippen LogP contribution in [0.2, 0.25) is 0 Å². The largest absolute Gasteiger partial charge is 0.416 e. The Balaban J connectivity index is 2.43. The second kappa shape index (κ2) is 6.87. The molecule has 0 bridgehead atoms. The van der Waals surface area contributed by atoms with Gasteiger partial charge in [-0.1, -0.05) is 0 Å². The average molecular weight is 326 g/mol. The molecule has 1 aliphatic rings. The molecule has 0 unspecified atom stereocenters. The minimum atomic E-state index is -4.71. The third-order valence-corrected chi connectivity index (χ3v) is 3.67. The van der Waals surface area contributed by atoms with Crippen molar-refractivity contribution in [3.05, 3.63) is 35.1 Å². The lowest BCUT2D eigenvalue weighted by molar-refractivity contribution is -0.139. The molecule has 1 heterocycles. The average Bonchev–Trinajstić information content (AvgIpc) is 2.44. The second-order valence-electron chi connectivity index (χ2n) is 5.16. The summed E-state index contributed by atoms with van der Waals surface area (Å²) in [5.41, 5.74) is -1.48. The molecule has 124 valence electrons. The molecule has 0 spiro atoms. The zero-order chi connectivity index (χ0) is 16.3. The summed E-state index contributed by atoms with van der Waals surface area (Å²) in [6.45, 7) is 1.67. The maximum atomic E-state index is 13.4. The van der Waals surface area contributed by atoms with Gasteiger partial charge in [-0.15, -0.1) is 0 Å². The van der Waals surface area contributed by atoms with Crippen molar-refractivity contribution in [2.75, 3.05) is 26.2 Å². The van der Waals surface area contributed by atoms with Crippen molar-refractivity contribution in [1.82, 2.24) is 10.2 Å². The summed E-state index contributed by atoms with van der Waals surface area (Å²) >= 11 is 0. The van der Waals surface area contributed by atoms with Crippen LogP contribution in [0, 0.1) is 5.82 Å². The molecule has 1 aromatic carbocycles. The molecule has 2 rings (SSSR count). The van der Waals surface area contributed by atoms with Gasteiger partial charge in [0.1, 0.15) is 5.82 Å².